The molecule has 0 aromatic rings. The van der Waals surface area contributed by atoms with E-state index in [4.69, 9.17) is 0 Å². The van der Waals surface area contributed by atoms with Crippen LogP contribution in [0.5, 0.6) is 0 Å². The molecule has 0 saturated carbocycles. The Morgan fingerprint density at radius 2 is 1.54 bits per heavy atom. The lowest BCUT2D eigenvalue weighted by atomic mass is 10.9. The van der Waals surface area contributed by atoms with Gasteiger partial charge in [0.2, 0.25) is 0 Å². The highest BCUT2D eigenvalue weighted by molar-refractivity contribution is 7.88. The summed E-state index contributed by atoms with van der Waals surface area (Å²) >= 11 is 0. The van der Waals surface area contributed by atoms with Crippen LogP contribution in [0.1, 0.15) is 20.8 Å². The molecule has 0 heterocycles. The van der Waals surface area contributed by atoms with Gasteiger partial charge >= 0.3 is 0 Å². The molecule has 0 aliphatic rings. The number of halogens is 1. The van der Waals surface area contributed by atoms with Gasteiger partial charge in [-0.2, -0.15) is 8.42 Å². The molecule has 0 N–H and O–H groups in total. The lowest BCUT2D eigenvalue weighted by molar-refractivity contribution is 0.00368. The maximum Gasteiger partial charge on any atom is 0.295 e. The van der Waals surface area contributed by atoms with Crippen molar-refractivity contribution >= 4 is 18.2 Å². The molecular formula is C7H17FO3SSi. The van der Waals surface area contributed by atoms with Gasteiger partial charge in [0.15, 0.2) is 0 Å². The van der Waals surface area contributed by atoms with Crippen LogP contribution in [0.4, 0.5) is 4.53 Å². The molecule has 0 unspecified atom stereocenters. The first-order valence-electron chi connectivity index (χ1n) is 4.48. The van der Waals surface area contributed by atoms with Gasteiger partial charge in [0.1, 0.15) is 0 Å². The van der Waals surface area contributed by atoms with Crippen molar-refractivity contribution in [3.63, 3.8) is 0 Å². The highest BCUT2D eigenvalue weighted by Crippen LogP contribution is 2.22. The molecule has 0 fully saturated rings. The van der Waals surface area contributed by atoms with Crippen LogP contribution in [-0.2, 0) is 14.5 Å². The topological polar surface area (TPSA) is 43.4 Å². The lowest BCUT2D eigenvalue weighted by Gasteiger charge is -2.25. The Labute approximate surface area is 80.3 Å². The molecule has 0 radical (unpaired) electrons. The van der Waals surface area contributed by atoms with Crippen LogP contribution in [-0.4, -0.2) is 21.9 Å². The molecule has 0 rings (SSSR count). The average molecular weight is 228 g/mol. The van der Waals surface area contributed by atoms with Gasteiger partial charge in [-0.1, -0.05) is 43.3 Å². The highest BCUT2D eigenvalue weighted by atomic mass is 32.2. The summed E-state index contributed by atoms with van der Waals surface area (Å²) in [6.45, 7) is 5.90. The van der Waals surface area contributed by atoms with E-state index in [2.05, 4.69) is 4.39 Å². The molecule has 0 aliphatic carbocycles. The number of rotatable bonds is 6. The third-order valence-corrected chi connectivity index (χ3v) is 11.4. The third-order valence-electron chi connectivity index (χ3n) is 2.83. The highest BCUT2D eigenvalue weighted by Gasteiger charge is 2.33. The van der Waals surface area contributed by atoms with Crippen LogP contribution in [0.25, 0.3) is 0 Å². The van der Waals surface area contributed by atoms with Crippen LogP contribution < -0.4 is 0 Å². The summed E-state index contributed by atoms with van der Waals surface area (Å²) in [5.41, 5.74) is 0. The van der Waals surface area contributed by atoms with Gasteiger partial charge in [0.05, 0.1) is 13.5 Å². The van der Waals surface area contributed by atoms with Crippen molar-refractivity contribution in [2.45, 2.75) is 38.9 Å². The Hall–Kier alpha value is 0.0569. The SMILES string of the molecule is CC[Si](CC)(CC)CS(=O)(=O)OF. The van der Waals surface area contributed by atoms with Crippen molar-refractivity contribution in [1.82, 2.24) is 0 Å². The largest absolute Gasteiger partial charge is 0.295 e. The monoisotopic (exact) mass is 228 g/mol. The summed E-state index contributed by atoms with van der Waals surface area (Å²) in [5.74, 6) is 0. The summed E-state index contributed by atoms with van der Waals surface area (Å²) in [6.07, 6.45) is 0. The van der Waals surface area contributed by atoms with Crippen LogP contribution in [0.2, 0.25) is 18.1 Å². The molecule has 0 aromatic heterocycles. The van der Waals surface area contributed by atoms with Crippen molar-refractivity contribution in [2.24, 2.45) is 0 Å². The Bertz CT molecular complexity index is 228. The molecule has 0 atom stereocenters. The van der Waals surface area contributed by atoms with Gasteiger partial charge in [0.25, 0.3) is 10.1 Å². The second-order valence-corrected chi connectivity index (χ2v) is 10.8. The molecule has 0 saturated heterocycles. The Balaban J connectivity index is 4.61. The van der Waals surface area contributed by atoms with Crippen molar-refractivity contribution in [2.75, 3.05) is 5.38 Å². The smallest absolute Gasteiger partial charge is 0.197 e. The van der Waals surface area contributed by atoms with E-state index in [1.807, 2.05) is 20.8 Å². The first-order valence-corrected chi connectivity index (χ1v) is 8.88. The van der Waals surface area contributed by atoms with Crippen molar-refractivity contribution in [3.05, 3.63) is 0 Å². The van der Waals surface area contributed by atoms with Gasteiger partial charge < -0.3 is 0 Å². The Morgan fingerprint density at radius 3 is 1.77 bits per heavy atom. The zero-order valence-electron chi connectivity index (χ0n) is 8.34. The van der Waals surface area contributed by atoms with Gasteiger partial charge in [-0.05, 0) is 4.53 Å². The van der Waals surface area contributed by atoms with Gasteiger partial charge in [-0.3, -0.25) is 0 Å². The van der Waals surface area contributed by atoms with E-state index in [0.29, 0.717) is 0 Å². The first-order chi connectivity index (χ1) is 5.95. The molecule has 0 aromatic carbocycles. The predicted molar refractivity (Wildman–Crippen MR) is 53.2 cm³/mol. The molecule has 0 aliphatic heterocycles. The minimum Gasteiger partial charge on any atom is -0.197 e. The Kier molecular flexibility index (Phi) is 5.09. The van der Waals surface area contributed by atoms with Crippen molar-refractivity contribution in [3.8, 4) is 0 Å². The summed E-state index contributed by atoms with van der Waals surface area (Å²) < 4.78 is 36.5. The summed E-state index contributed by atoms with van der Waals surface area (Å²) in [7, 11) is -5.75. The molecule has 0 spiro atoms. The van der Waals surface area contributed by atoms with Crippen molar-refractivity contribution < 1.29 is 17.3 Å². The molecule has 0 bridgehead atoms. The average Bonchev–Trinajstić information content (AvgIpc) is 2.14. The summed E-state index contributed by atoms with van der Waals surface area (Å²) in [6, 6.07) is 2.55. The van der Waals surface area contributed by atoms with E-state index in [1.54, 1.807) is 0 Å². The molecule has 3 nitrogen and oxygen atoms in total. The van der Waals surface area contributed by atoms with E-state index in [9.17, 15) is 12.9 Å². The second kappa shape index (κ2) is 5.07. The summed E-state index contributed by atoms with van der Waals surface area (Å²) in [5, 5.41) is -0.0972. The van der Waals surface area contributed by atoms with Crippen molar-refractivity contribution in [1.29, 1.82) is 0 Å². The maximum atomic E-state index is 11.6. The minimum absolute atomic E-state index is 0.0972. The second-order valence-electron chi connectivity index (χ2n) is 3.33. The zero-order valence-corrected chi connectivity index (χ0v) is 10.2. The minimum atomic E-state index is -3.92. The number of hydrogen-bond acceptors (Lipinski definition) is 3. The fraction of sp³-hybridized carbons (Fsp3) is 1.00. The van der Waals surface area contributed by atoms with Crippen LogP contribution >= 0.6 is 0 Å². The number of hydrogen-bond donors (Lipinski definition) is 0. The molecular weight excluding hydrogens is 211 g/mol. The first kappa shape index (κ1) is 13.1. The van der Waals surface area contributed by atoms with Crippen LogP contribution in [0.15, 0.2) is 0 Å². The fourth-order valence-electron chi connectivity index (χ4n) is 1.45. The van der Waals surface area contributed by atoms with Gasteiger partial charge in [0, 0.05) is 0 Å². The maximum absolute atomic E-state index is 11.6. The molecule has 13 heavy (non-hydrogen) atoms. The van der Waals surface area contributed by atoms with Crippen LogP contribution in [0, 0.1) is 0 Å². The van der Waals surface area contributed by atoms with E-state index in [0.717, 1.165) is 18.1 Å². The van der Waals surface area contributed by atoms with E-state index in [1.165, 1.54) is 0 Å². The standard InChI is InChI=1S/C7H17FO3SSi/c1-4-13(5-2,6-3)7-12(9,10)11-8/h4-7H2,1-3H3. The zero-order chi connectivity index (χ0) is 10.5. The lowest BCUT2D eigenvalue weighted by Crippen LogP contribution is -2.40. The normalized spacial score (nSPS) is 13.2. The summed E-state index contributed by atoms with van der Waals surface area (Å²) in [4.78, 5) is 0. The van der Waals surface area contributed by atoms with E-state index >= 15 is 0 Å². The fourth-order valence-corrected chi connectivity index (χ4v) is 8.58. The van der Waals surface area contributed by atoms with Gasteiger partial charge in [-0.15, -0.1) is 0 Å². The molecule has 0 amide bonds. The van der Waals surface area contributed by atoms with E-state index in [-0.39, 0.29) is 5.38 Å². The Morgan fingerprint density at radius 1 is 1.15 bits per heavy atom. The molecule has 80 valence electrons. The quantitative estimate of drug-likeness (QED) is 0.655. The van der Waals surface area contributed by atoms with Crippen LogP contribution in [0.3, 0.4) is 0 Å². The third kappa shape index (κ3) is 3.74. The molecule has 6 heteroatoms. The van der Waals surface area contributed by atoms with E-state index < -0.39 is 18.2 Å². The predicted octanol–water partition coefficient (Wildman–Crippen LogP) is 2.27. The van der Waals surface area contributed by atoms with Gasteiger partial charge in [-0.25, -0.2) is 0 Å².